The van der Waals surface area contributed by atoms with Crippen LogP contribution in [0.1, 0.15) is 29.8 Å². The van der Waals surface area contributed by atoms with E-state index in [1.54, 1.807) is 19.1 Å². The maximum absolute atomic E-state index is 11.4. The van der Waals surface area contributed by atoms with Crippen LogP contribution in [0.5, 0.6) is 0 Å². The summed E-state index contributed by atoms with van der Waals surface area (Å²) >= 11 is 0. The van der Waals surface area contributed by atoms with E-state index in [1.807, 2.05) is 25.1 Å². The maximum Gasteiger partial charge on any atom is 0.415 e. The van der Waals surface area contributed by atoms with Crippen molar-refractivity contribution in [2.75, 3.05) is 18.1 Å². The van der Waals surface area contributed by atoms with Gasteiger partial charge in [0.1, 0.15) is 12.4 Å². The van der Waals surface area contributed by atoms with Crippen molar-refractivity contribution in [1.82, 2.24) is 4.98 Å². The first-order chi connectivity index (χ1) is 11.0. The standard InChI is InChI=1S/C11H14N2O3.C7H8/c1-7-5-9(8(2)14)12-10(6-7)13-3-4-16-11(13)15;1-7-5-3-2-4-6-7/h5-6,8,14H,3-4H2,1-2H3;2-6H,1H3. The fourth-order valence-electron chi connectivity index (χ4n) is 2.16. The third kappa shape index (κ3) is 4.79. The molecular weight excluding hydrogens is 292 g/mol. The lowest BCUT2D eigenvalue weighted by Gasteiger charge is -2.14. The van der Waals surface area contributed by atoms with E-state index in [0.29, 0.717) is 24.7 Å². The van der Waals surface area contributed by atoms with Crippen LogP contribution in [0.15, 0.2) is 42.5 Å². The van der Waals surface area contributed by atoms with Crippen LogP contribution in [0.2, 0.25) is 0 Å². The van der Waals surface area contributed by atoms with Crippen LogP contribution >= 0.6 is 0 Å². The summed E-state index contributed by atoms with van der Waals surface area (Å²) in [5.41, 5.74) is 2.85. The molecule has 0 bridgehead atoms. The first-order valence-corrected chi connectivity index (χ1v) is 7.60. The summed E-state index contributed by atoms with van der Waals surface area (Å²) in [4.78, 5) is 17.1. The van der Waals surface area contributed by atoms with Crippen LogP contribution in [0, 0.1) is 13.8 Å². The highest BCUT2D eigenvalue weighted by Gasteiger charge is 2.25. The first-order valence-electron chi connectivity index (χ1n) is 7.60. The summed E-state index contributed by atoms with van der Waals surface area (Å²) in [6.45, 7) is 6.53. The highest BCUT2D eigenvalue weighted by atomic mass is 16.6. The van der Waals surface area contributed by atoms with Crippen molar-refractivity contribution in [3.63, 3.8) is 0 Å². The molecule has 2 aromatic rings. The number of hydrogen-bond acceptors (Lipinski definition) is 4. The summed E-state index contributed by atoms with van der Waals surface area (Å²) in [6, 6.07) is 13.9. The van der Waals surface area contributed by atoms with Crippen molar-refractivity contribution >= 4 is 11.9 Å². The van der Waals surface area contributed by atoms with Crippen LogP contribution < -0.4 is 4.90 Å². The number of anilines is 1. The van der Waals surface area contributed by atoms with Crippen LogP contribution in [0.3, 0.4) is 0 Å². The first kappa shape index (κ1) is 17.0. The van der Waals surface area contributed by atoms with Gasteiger partial charge in [-0.05, 0) is 38.5 Å². The Bertz CT molecular complexity index is 657. The lowest BCUT2D eigenvalue weighted by molar-refractivity contribution is 0.180. The Kier molecular flexibility index (Phi) is 5.71. The van der Waals surface area contributed by atoms with Crippen molar-refractivity contribution in [2.24, 2.45) is 0 Å². The Morgan fingerprint density at radius 3 is 2.35 bits per heavy atom. The highest BCUT2D eigenvalue weighted by molar-refractivity contribution is 5.88. The molecule has 0 spiro atoms. The Morgan fingerprint density at radius 1 is 1.17 bits per heavy atom. The van der Waals surface area contributed by atoms with Gasteiger partial charge in [0, 0.05) is 0 Å². The third-order valence-electron chi connectivity index (χ3n) is 3.38. The number of aromatic nitrogens is 1. The minimum atomic E-state index is -0.641. The van der Waals surface area contributed by atoms with E-state index in [4.69, 9.17) is 4.74 Å². The van der Waals surface area contributed by atoms with E-state index in [2.05, 4.69) is 24.0 Å². The molecule has 1 N–H and O–H groups in total. The van der Waals surface area contributed by atoms with E-state index in [9.17, 15) is 9.90 Å². The number of aryl methyl sites for hydroxylation is 2. The smallest absolute Gasteiger partial charge is 0.415 e. The number of nitrogens with zero attached hydrogens (tertiary/aromatic N) is 2. The largest absolute Gasteiger partial charge is 0.447 e. The van der Waals surface area contributed by atoms with Gasteiger partial charge in [0.25, 0.3) is 0 Å². The molecule has 5 heteroatoms. The Hall–Kier alpha value is -2.40. The molecular formula is C18H22N2O3. The van der Waals surface area contributed by atoms with E-state index in [-0.39, 0.29) is 6.09 Å². The number of rotatable bonds is 2. The van der Waals surface area contributed by atoms with Gasteiger partial charge < -0.3 is 9.84 Å². The van der Waals surface area contributed by atoms with Gasteiger partial charge >= 0.3 is 6.09 Å². The molecule has 1 atom stereocenters. The molecule has 1 unspecified atom stereocenters. The molecule has 1 amide bonds. The van der Waals surface area contributed by atoms with Crippen LogP contribution in [-0.4, -0.2) is 29.3 Å². The quantitative estimate of drug-likeness (QED) is 0.923. The van der Waals surface area contributed by atoms with Crippen molar-refractivity contribution in [3.05, 3.63) is 59.3 Å². The molecule has 0 radical (unpaired) electrons. The van der Waals surface area contributed by atoms with Gasteiger partial charge in [-0.2, -0.15) is 0 Å². The van der Waals surface area contributed by atoms with Crippen LogP contribution in [0.4, 0.5) is 10.6 Å². The van der Waals surface area contributed by atoms with Gasteiger partial charge in [-0.3, -0.25) is 4.90 Å². The van der Waals surface area contributed by atoms with Crippen LogP contribution in [-0.2, 0) is 4.74 Å². The van der Waals surface area contributed by atoms with Gasteiger partial charge in [-0.1, -0.05) is 35.9 Å². The van der Waals surface area contributed by atoms with Gasteiger partial charge in [0.05, 0.1) is 18.3 Å². The minimum absolute atomic E-state index is 0.380. The van der Waals surface area contributed by atoms with E-state index < -0.39 is 6.10 Å². The zero-order valence-electron chi connectivity index (χ0n) is 13.7. The Labute approximate surface area is 136 Å². The fraction of sp³-hybridized carbons (Fsp3) is 0.333. The second-order valence-corrected chi connectivity index (χ2v) is 5.52. The Morgan fingerprint density at radius 2 is 1.87 bits per heavy atom. The molecule has 1 aromatic heterocycles. The number of benzene rings is 1. The van der Waals surface area contributed by atoms with E-state index >= 15 is 0 Å². The van der Waals surface area contributed by atoms with Gasteiger partial charge in [0.15, 0.2) is 0 Å². The predicted octanol–water partition coefficient (Wildman–Crippen LogP) is 3.39. The lowest BCUT2D eigenvalue weighted by Crippen LogP contribution is -2.25. The molecule has 0 saturated carbocycles. The fourth-order valence-corrected chi connectivity index (χ4v) is 2.16. The van der Waals surface area contributed by atoms with E-state index in [1.165, 1.54) is 10.5 Å². The maximum atomic E-state index is 11.4. The molecule has 1 fully saturated rings. The summed E-state index contributed by atoms with van der Waals surface area (Å²) in [6.07, 6.45) is -1.02. The van der Waals surface area contributed by atoms with E-state index in [0.717, 1.165) is 5.56 Å². The molecule has 122 valence electrons. The number of aliphatic hydroxyl groups excluding tert-OH is 1. The minimum Gasteiger partial charge on any atom is -0.447 e. The summed E-state index contributed by atoms with van der Waals surface area (Å²) in [5.74, 6) is 0.540. The predicted molar refractivity (Wildman–Crippen MR) is 89.5 cm³/mol. The van der Waals surface area contributed by atoms with Gasteiger partial charge in [0.2, 0.25) is 0 Å². The van der Waals surface area contributed by atoms with Crippen molar-refractivity contribution in [2.45, 2.75) is 26.9 Å². The van der Waals surface area contributed by atoms with Gasteiger partial charge in [-0.25, -0.2) is 9.78 Å². The molecule has 1 aliphatic rings. The SMILES string of the molecule is Cc1cc(C(C)O)nc(N2CCOC2=O)c1.Cc1ccccc1. The van der Waals surface area contributed by atoms with Crippen molar-refractivity contribution < 1.29 is 14.6 Å². The number of amides is 1. The number of carbonyl (C=O) groups excluding carboxylic acids is 1. The second kappa shape index (κ2) is 7.74. The van der Waals surface area contributed by atoms with Crippen LogP contribution in [0.25, 0.3) is 0 Å². The summed E-state index contributed by atoms with van der Waals surface area (Å²) < 4.78 is 4.84. The number of hydrogen-bond donors (Lipinski definition) is 1. The number of pyridine rings is 1. The number of carbonyl (C=O) groups is 1. The average Bonchev–Trinajstić information content (AvgIpc) is 2.94. The summed E-state index contributed by atoms with van der Waals surface area (Å²) in [5, 5.41) is 9.48. The molecule has 1 aliphatic heterocycles. The second-order valence-electron chi connectivity index (χ2n) is 5.52. The monoisotopic (exact) mass is 314 g/mol. The third-order valence-corrected chi connectivity index (χ3v) is 3.38. The number of ether oxygens (including phenoxy) is 1. The van der Waals surface area contributed by atoms with Crippen molar-refractivity contribution in [3.8, 4) is 0 Å². The molecule has 1 aromatic carbocycles. The van der Waals surface area contributed by atoms with Crippen molar-refractivity contribution in [1.29, 1.82) is 0 Å². The molecule has 23 heavy (non-hydrogen) atoms. The molecule has 5 nitrogen and oxygen atoms in total. The number of aliphatic hydroxyl groups is 1. The molecule has 1 saturated heterocycles. The zero-order valence-corrected chi connectivity index (χ0v) is 13.7. The normalized spacial score (nSPS) is 14.8. The zero-order chi connectivity index (χ0) is 16.8. The van der Waals surface area contributed by atoms with Gasteiger partial charge in [-0.15, -0.1) is 0 Å². The Balaban J connectivity index is 0.000000229. The number of cyclic esters (lactones) is 1. The molecule has 3 rings (SSSR count). The summed E-state index contributed by atoms with van der Waals surface area (Å²) in [7, 11) is 0. The molecule has 0 aliphatic carbocycles. The average molecular weight is 314 g/mol. The lowest BCUT2D eigenvalue weighted by atomic mass is 10.2. The highest BCUT2D eigenvalue weighted by Crippen LogP contribution is 2.21. The topological polar surface area (TPSA) is 62.7 Å². The molecule has 2 heterocycles.